The first-order valence-corrected chi connectivity index (χ1v) is 6.56. The summed E-state index contributed by atoms with van der Waals surface area (Å²) in [7, 11) is 0. The Morgan fingerprint density at radius 3 is 3.00 bits per heavy atom. The largest absolute Gasteiger partial charge is 0.462 e. The molecular formula is C13H17N5O3. The lowest BCUT2D eigenvalue weighted by molar-refractivity contribution is 0.0527. The zero-order valence-electron chi connectivity index (χ0n) is 11.9. The summed E-state index contributed by atoms with van der Waals surface area (Å²) in [4.78, 5) is 19.9. The van der Waals surface area contributed by atoms with Gasteiger partial charge in [-0.3, -0.25) is 0 Å². The number of hydrogen-bond acceptors (Lipinski definition) is 8. The van der Waals surface area contributed by atoms with Crippen molar-refractivity contribution in [2.75, 3.05) is 24.2 Å². The standard InChI is InChI=1S/C13H17N5O3/c1-3-20-13(19)9-4-6-15-12(11(9)14)16-7-5-10-17-8(2)18-21-10/h4,6H,3,5,7,14H2,1-2H3,(H,15,16). The number of nitrogens with two attached hydrogens (primary N) is 1. The fraction of sp³-hybridized carbons (Fsp3) is 0.385. The molecule has 21 heavy (non-hydrogen) atoms. The highest BCUT2D eigenvalue weighted by molar-refractivity contribution is 5.97. The second kappa shape index (κ2) is 6.69. The van der Waals surface area contributed by atoms with Gasteiger partial charge in [-0.05, 0) is 19.9 Å². The van der Waals surface area contributed by atoms with E-state index in [1.807, 2.05) is 0 Å². The number of carbonyl (C=O) groups excluding carboxylic acids is 1. The molecule has 0 amide bonds. The zero-order chi connectivity index (χ0) is 15.2. The van der Waals surface area contributed by atoms with Crippen LogP contribution in [-0.4, -0.2) is 34.2 Å². The maximum atomic E-state index is 11.7. The lowest BCUT2D eigenvalue weighted by atomic mass is 10.2. The molecule has 0 unspecified atom stereocenters. The molecule has 3 N–H and O–H groups in total. The molecule has 8 nitrogen and oxygen atoms in total. The molecule has 0 fully saturated rings. The van der Waals surface area contributed by atoms with Crippen molar-refractivity contribution in [1.82, 2.24) is 15.1 Å². The lowest BCUT2D eigenvalue weighted by Crippen LogP contribution is -2.13. The van der Waals surface area contributed by atoms with Crippen LogP contribution in [0.15, 0.2) is 16.8 Å². The first-order valence-electron chi connectivity index (χ1n) is 6.56. The highest BCUT2D eigenvalue weighted by Gasteiger charge is 2.14. The van der Waals surface area contributed by atoms with Crippen LogP contribution in [0.5, 0.6) is 0 Å². The average Bonchev–Trinajstić information content (AvgIpc) is 2.86. The number of esters is 1. The van der Waals surface area contributed by atoms with E-state index < -0.39 is 5.97 Å². The number of pyridine rings is 1. The third-order valence-corrected chi connectivity index (χ3v) is 2.69. The number of ether oxygens (including phenoxy) is 1. The highest BCUT2D eigenvalue weighted by atomic mass is 16.5. The van der Waals surface area contributed by atoms with Gasteiger partial charge in [-0.25, -0.2) is 9.78 Å². The monoisotopic (exact) mass is 291 g/mol. The van der Waals surface area contributed by atoms with E-state index in [1.54, 1.807) is 13.8 Å². The first-order chi connectivity index (χ1) is 10.1. The van der Waals surface area contributed by atoms with Crippen LogP contribution >= 0.6 is 0 Å². The number of nitrogen functional groups attached to an aromatic ring is 1. The quantitative estimate of drug-likeness (QED) is 0.762. The maximum Gasteiger partial charge on any atom is 0.340 e. The first kappa shape index (κ1) is 14.8. The molecule has 0 atom stereocenters. The van der Waals surface area contributed by atoms with Gasteiger partial charge in [0.1, 0.15) is 5.82 Å². The van der Waals surface area contributed by atoms with E-state index in [9.17, 15) is 4.79 Å². The van der Waals surface area contributed by atoms with Crippen molar-refractivity contribution in [1.29, 1.82) is 0 Å². The topological polar surface area (TPSA) is 116 Å². The third kappa shape index (κ3) is 3.68. The van der Waals surface area contributed by atoms with Crippen molar-refractivity contribution in [3.05, 3.63) is 29.5 Å². The van der Waals surface area contributed by atoms with Gasteiger partial charge in [0.15, 0.2) is 5.82 Å². The van der Waals surface area contributed by atoms with Crippen LogP contribution in [0.4, 0.5) is 11.5 Å². The Labute approximate surface area is 121 Å². The van der Waals surface area contributed by atoms with E-state index in [2.05, 4.69) is 20.4 Å². The van der Waals surface area contributed by atoms with Crippen LogP contribution in [0.25, 0.3) is 0 Å². The van der Waals surface area contributed by atoms with Gasteiger partial charge in [0, 0.05) is 19.2 Å². The second-order valence-corrected chi connectivity index (χ2v) is 4.25. The smallest absolute Gasteiger partial charge is 0.340 e. The molecule has 0 aliphatic rings. The predicted octanol–water partition coefficient (Wildman–Crippen LogP) is 1.19. The van der Waals surface area contributed by atoms with Crippen LogP contribution < -0.4 is 11.1 Å². The Morgan fingerprint density at radius 1 is 1.52 bits per heavy atom. The summed E-state index contributed by atoms with van der Waals surface area (Å²) in [5, 5.41) is 6.74. The zero-order valence-corrected chi connectivity index (χ0v) is 11.9. The Bertz CT molecular complexity index is 626. The predicted molar refractivity (Wildman–Crippen MR) is 75.8 cm³/mol. The molecule has 0 saturated carbocycles. The molecule has 0 radical (unpaired) electrons. The van der Waals surface area contributed by atoms with Crippen molar-refractivity contribution >= 4 is 17.5 Å². The number of nitrogens with zero attached hydrogens (tertiary/aromatic N) is 3. The normalized spacial score (nSPS) is 10.4. The molecule has 0 spiro atoms. The Morgan fingerprint density at radius 2 is 2.33 bits per heavy atom. The molecule has 2 rings (SSSR count). The Kier molecular flexibility index (Phi) is 4.70. The number of carbonyl (C=O) groups is 1. The number of hydrogen-bond donors (Lipinski definition) is 2. The average molecular weight is 291 g/mol. The van der Waals surface area contributed by atoms with Gasteiger partial charge >= 0.3 is 5.97 Å². The van der Waals surface area contributed by atoms with E-state index in [-0.39, 0.29) is 5.69 Å². The molecule has 2 aromatic rings. The van der Waals surface area contributed by atoms with Crippen LogP contribution in [0.3, 0.4) is 0 Å². The number of rotatable bonds is 6. The fourth-order valence-electron chi connectivity index (χ4n) is 1.73. The molecule has 0 bridgehead atoms. The molecule has 0 aliphatic carbocycles. The Hall–Kier alpha value is -2.64. The van der Waals surface area contributed by atoms with Crippen LogP contribution in [0.2, 0.25) is 0 Å². The van der Waals surface area contributed by atoms with Crippen molar-refractivity contribution < 1.29 is 14.1 Å². The van der Waals surface area contributed by atoms with Crippen molar-refractivity contribution in [3.8, 4) is 0 Å². The van der Waals surface area contributed by atoms with Gasteiger partial charge in [-0.2, -0.15) is 4.98 Å². The number of nitrogens with one attached hydrogen (secondary N) is 1. The fourth-order valence-corrected chi connectivity index (χ4v) is 1.73. The van der Waals surface area contributed by atoms with Crippen LogP contribution in [0.1, 0.15) is 29.0 Å². The van der Waals surface area contributed by atoms with Gasteiger partial charge in [0.2, 0.25) is 5.89 Å². The van der Waals surface area contributed by atoms with Crippen LogP contribution in [0, 0.1) is 6.92 Å². The van der Waals surface area contributed by atoms with Gasteiger partial charge in [0.05, 0.1) is 17.9 Å². The van der Waals surface area contributed by atoms with Gasteiger partial charge in [0.25, 0.3) is 0 Å². The van der Waals surface area contributed by atoms with Gasteiger partial charge in [-0.15, -0.1) is 0 Å². The molecule has 112 valence electrons. The second-order valence-electron chi connectivity index (χ2n) is 4.25. The van der Waals surface area contributed by atoms with Crippen molar-refractivity contribution in [2.24, 2.45) is 0 Å². The summed E-state index contributed by atoms with van der Waals surface area (Å²) in [6.07, 6.45) is 2.04. The summed E-state index contributed by atoms with van der Waals surface area (Å²) in [6.45, 7) is 4.29. The van der Waals surface area contributed by atoms with E-state index >= 15 is 0 Å². The molecule has 0 aromatic carbocycles. The maximum absolute atomic E-state index is 11.7. The van der Waals surface area contributed by atoms with Crippen molar-refractivity contribution in [2.45, 2.75) is 20.3 Å². The summed E-state index contributed by atoms with van der Waals surface area (Å²) < 4.78 is 9.93. The molecule has 0 aliphatic heterocycles. The van der Waals surface area contributed by atoms with E-state index in [4.69, 9.17) is 15.0 Å². The number of anilines is 2. The lowest BCUT2D eigenvalue weighted by Gasteiger charge is -2.10. The van der Waals surface area contributed by atoms with Gasteiger partial charge < -0.3 is 20.3 Å². The molecule has 2 heterocycles. The summed E-state index contributed by atoms with van der Waals surface area (Å²) >= 11 is 0. The summed E-state index contributed by atoms with van der Waals surface area (Å²) in [6, 6.07) is 1.53. The minimum atomic E-state index is -0.465. The van der Waals surface area contributed by atoms with Crippen molar-refractivity contribution in [3.63, 3.8) is 0 Å². The molecular weight excluding hydrogens is 274 g/mol. The number of aryl methyl sites for hydroxylation is 1. The number of aromatic nitrogens is 3. The minimum Gasteiger partial charge on any atom is -0.462 e. The van der Waals surface area contributed by atoms with Crippen LogP contribution in [-0.2, 0) is 11.2 Å². The van der Waals surface area contributed by atoms with E-state index in [1.165, 1.54) is 12.3 Å². The Balaban J connectivity index is 2.00. The molecule has 0 saturated heterocycles. The van der Waals surface area contributed by atoms with E-state index in [0.717, 1.165) is 0 Å². The van der Waals surface area contributed by atoms with Gasteiger partial charge in [-0.1, -0.05) is 5.16 Å². The third-order valence-electron chi connectivity index (χ3n) is 2.69. The SMILES string of the molecule is CCOC(=O)c1ccnc(NCCc2nc(C)no2)c1N. The highest BCUT2D eigenvalue weighted by Crippen LogP contribution is 2.20. The molecule has 2 aromatic heterocycles. The minimum absolute atomic E-state index is 0.262. The summed E-state index contributed by atoms with van der Waals surface area (Å²) in [5.41, 5.74) is 6.48. The molecule has 8 heteroatoms. The summed E-state index contributed by atoms with van der Waals surface area (Å²) in [5.74, 6) is 1.08. The van der Waals surface area contributed by atoms with E-state index in [0.29, 0.717) is 42.7 Å².